The molecule has 2 fully saturated rings. The average molecular weight is 347 g/mol. The molecule has 0 aromatic carbocycles. The van der Waals surface area contributed by atoms with Gasteiger partial charge in [-0.2, -0.15) is 5.10 Å². The van der Waals surface area contributed by atoms with E-state index in [1.807, 2.05) is 0 Å². The molecule has 0 radical (unpaired) electrons. The van der Waals surface area contributed by atoms with E-state index < -0.39 is 6.04 Å². The van der Waals surface area contributed by atoms with Crippen molar-refractivity contribution in [3.05, 3.63) is 28.2 Å². The van der Waals surface area contributed by atoms with Crippen LogP contribution < -0.4 is 5.56 Å². The first kappa shape index (κ1) is 17.6. The Hall–Kier alpha value is -2.18. The number of likely N-dealkylation sites (tertiary alicyclic amines) is 1. The van der Waals surface area contributed by atoms with Crippen LogP contribution in [0.25, 0.3) is 0 Å². The van der Waals surface area contributed by atoms with Crippen LogP contribution in [-0.2, 0) is 14.3 Å². The van der Waals surface area contributed by atoms with Crippen LogP contribution in [0.2, 0.25) is 0 Å². The van der Waals surface area contributed by atoms with Gasteiger partial charge < -0.3 is 9.64 Å². The Morgan fingerprint density at radius 3 is 2.52 bits per heavy atom. The van der Waals surface area contributed by atoms with Gasteiger partial charge in [-0.1, -0.05) is 0 Å². The predicted molar refractivity (Wildman–Crippen MR) is 91.1 cm³/mol. The lowest BCUT2D eigenvalue weighted by atomic mass is 9.96. The number of amides is 1. The number of piperidine rings is 1. The SMILES string of the molecule is CCOC(=O)C1CCN(C(=O)C(C)n2nc(C3CC3)ccc2=O)CC1. The van der Waals surface area contributed by atoms with Gasteiger partial charge in [0.05, 0.1) is 18.2 Å². The molecule has 1 amide bonds. The van der Waals surface area contributed by atoms with Crippen LogP contribution in [0, 0.1) is 5.92 Å². The van der Waals surface area contributed by atoms with Crippen molar-refractivity contribution in [2.24, 2.45) is 5.92 Å². The Kier molecular flexibility index (Phi) is 5.20. The lowest BCUT2D eigenvalue weighted by Gasteiger charge is -2.32. The van der Waals surface area contributed by atoms with E-state index in [9.17, 15) is 14.4 Å². The molecule has 0 spiro atoms. The van der Waals surface area contributed by atoms with Crippen molar-refractivity contribution in [3.8, 4) is 0 Å². The van der Waals surface area contributed by atoms with Crippen LogP contribution in [0.4, 0.5) is 0 Å². The minimum Gasteiger partial charge on any atom is -0.466 e. The van der Waals surface area contributed by atoms with Gasteiger partial charge >= 0.3 is 5.97 Å². The molecule has 0 N–H and O–H groups in total. The summed E-state index contributed by atoms with van der Waals surface area (Å²) in [5.74, 6) is -0.0182. The third-order valence-corrected chi connectivity index (χ3v) is 4.99. The molecule has 3 rings (SSSR count). The number of esters is 1. The second-order valence-corrected chi connectivity index (χ2v) is 6.84. The highest BCUT2D eigenvalue weighted by molar-refractivity contribution is 5.80. The second kappa shape index (κ2) is 7.37. The maximum atomic E-state index is 12.8. The fourth-order valence-corrected chi connectivity index (χ4v) is 3.28. The van der Waals surface area contributed by atoms with Crippen LogP contribution in [0.5, 0.6) is 0 Å². The molecule has 136 valence electrons. The molecule has 2 aliphatic rings. The van der Waals surface area contributed by atoms with Gasteiger partial charge in [0.1, 0.15) is 6.04 Å². The zero-order valence-electron chi connectivity index (χ0n) is 14.8. The molecular formula is C18H25N3O4. The average Bonchev–Trinajstić information content (AvgIpc) is 3.46. The van der Waals surface area contributed by atoms with E-state index in [1.54, 1.807) is 24.8 Å². The van der Waals surface area contributed by atoms with E-state index in [-0.39, 0.29) is 23.4 Å². The summed E-state index contributed by atoms with van der Waals surface area (Å²) in [5, 5.41) is 4.40. The fraction of sp³-hybridized carbons (Fsp3) is 0.667. The van der Waals surface area contributed by atoms with Gasteiger partial charge in [0.2, 0.25) is 5.91 Å². The molecule has 0 bridgehead atoms. The third kappa shape index (κ3) is 3.91. The molecule has 1 atom stereocenters. The molecule has 2 heterocycles. The highest BCUT2D eigenvalue weighted by atomic mass is 16.5. The summed E-state index contributed by atoms with van der Waals surface area (Å²) in [6.07, 6.45) is 3.38. The summed E-state index contributed by atoms with van der Waals surface area (Å²) in [5.41, 5.74) is 0.631. The van der Waals surface area contributed by atoms with Crippen molar-refractivity contribution < 1.29 is 14.3 Å². The Balaban J connectivity index is 1.64. The van der Waals surface area contributed by atoms with Gasteiger partial charge in [-0.25, -0.2) is 4.68 Å². The normalized spacial score (nSPS) is 19.5. The highest BCUT2D eigenvalue weighted by Gasteiger charge is 2.32. The number of hydrogen-bond donors (Lipinski definition) is 0. The third-order valence-electron chi connectivity index (χ3n) is 4.99. The van der Waals surface area contributed by atoms with Gasteiger partial charge in [0.15, 0.2) is 0 Å². The van der Waals surface area contributed by atoms with E-state index >= 15 is 0 Å². The molecule has 1 saturated carbocycles. The summed E-state index contributed by atoms with van der Waals surface area (Å²) >= 11 is 0. The van der Waals surface area contributed by atoms with Gasteiger partial charge in [0.25, 0.3) is 5.56 Å². The lowest BCUT2D eigenvalue weighted by Crippen LogP contribution is -2.45. The topological polar surface area (TPSA) is 81.5 Å². The van der Waals surface area contributed by atoms with Crippen molar-refractivity contribution in [1.82, 2.24) is 14.7 Å². The van der Waals surface area contributed by atoms with Crippen molar-refractivity contribution >= 4 is 11.9 Å². The maximum Gasteiger partial charge on any atom is 0.309 e. The van der Waals surface area contributed by atoms with E-state index in [4.69, 9.17) is 4.74 Å². The number of nitrogens with zero attached hydrogens (tertiary/aromatic N) is 3. The molecule has 1 aliphatic carbocycles. The molecular weight excluding hydrogens is 322 g/mol. The predicted octanol–water partition coefficient (Wildman–Crippen LogP) is 1.48. The highest BCUT2D eigenvalue weighted by Crippen LogP contribution is 2.38. The van der Waals surface area contributed by atoms with Crippen molar-refractivity contribution in [2.45, 2.75) is 51.5 Å². The Morgan fingerprint density at radius 2 is 1.92 bits per heavy atom. The van der Waals surface area contributed by atoms with Crippen LogP contribution in [0.15, 0.2) is 16.9 Å². The molecule has 1 saturated heterocycles. The Morgan fingerprint density at radius 1 is 1.24 bits per heavy atom. The molecule has 1 aromatic heterocycles. The van der Waals surface area contributed by atoms with Gasteiger partial charge in [-0.05, 0) is 45.6 Å². The maximum absolute atomic E-state index is 12.8. The number of aromatic nitrogens is 2. The first-order chi connectivity index (χ1) is 12.0. The molecule has 1 aliphatic heterocycles. The van der Waals surface area contributed by atoms with Crippen molar-refractivity contribution in [2.75, 3.05) is 19.7 Å². The summed E-state index contributed by atoms with van der Waals surface area (Å²) in [7, 11) is 0. The van der Waals surface area contributed by atoms with Crippen LogP contribution in [-0.4, -0.2) is 46.3 Å². The summed E-state index contributed by atoms with van der Waals surface area (Å²) in [6, 6.07) is 2.63. The van der Waals surface area contributed by atoms with Gasteiger partial charge in [0, 0.05) is 25.1 Å². The number of hydrogen-bond acceptors (Lipinski definition) is 5. The van der Waals surface area contributed by atoms with Crippen molar-refractivity contribution in [1.29, 1.82) is 0 Å². The first-order valence-electron chi connectivity index (χ1n) is 9.06. The van der Waals surface area contributed by atoms with E-state index in [0.717, 1.165) is 18.5 Å². The first-order valence-corrected chi connectivity index (χ1v) is 9.06. The monoisotopic (exact) mass is 347 g/mol. The summed E-state index contributed by atoms with van der Waals surface area (Å²) in [4.78, 5) is 38.4. The molecule has 1 aromatic rings. The number of rotatable bonds is 5. The van der Waals surface area contributed by atoms with Crippen molar-refractivity contribution in [3.63, 3.8) is 0 Å². The fourth-order valence-electron chi connectivity index (χ4n) is 3.28. The second-order valence-electron chi connectivity index (χ2n) is 6.84. The zero-order valence-corrected chi connectivity index (χ0v) is 14.8. The van der Waals surface area contributed by atoms with E-state index in [2.05, 4.69) is 5.10 Å². The smallest absolute Gasteiger partial charge is 0.309 e. The van der Waals surface area contributed by atoms with E-state index in [1.165, 1.54) is 10.7 Å². The minimum absolute atomic E-state index is 0.121. The number of ether oxygens (including phenoxy) is 1. The molecule has 7 nitrogen and oxygen atoms in total. The minimum atomic E-state index is -0.634. The van der Waals surface area contributed by atoms with Crippen LogP contribution in [0.1, 0.15) is 57.2 Å². The lowest BCUT2D eigenvalue weighted by molar-refractivity contribution is -0.151. The summed E-state index contributed by atoms with van der Waals surface area (Å²) in [6.45, 7) is 4.89. The van der Waals surface area contributed by atoms with E-state index in [0.29, 0.717) is 38.5 Å². The number of carbonyl (C=O) groups excluding carboxylic acids is 2. The largest absolute Gasteiger partial charge is 0.466 e. The quantitative estimate of drug-likeness (QED) is 0.754. The zero-order chi connectivity index (χ0) is 18.0. The van der Waals surface area contributed by atoms with Gasteiger partial charge in [-0.15, -0.1) is 0 Å². The number of carbonyl (C=O) groups is 2. The Bertz CT molecular complexity index is 703. The standard InChI is InChI=1S/C18H25N3O4/c1-3-25-18(24)14-8-10-20(11-9-14)17(23)12(2)21-16(22)7-6-15(19-21)13-4-5-13/h6-7,12-14H,3-5,8-11H2,1-2H3. The summed E-state index contributed by atoms with van der Waals surface area (Å²) < 4.78 is 6.35. The van der Waals surface area contributed by atoms with Crippen LogP contribution in [0.3, 0.4) is 0 Å². The molecule has 7 heteroatoms. The molecule has 1 unspecified atom stereocenters. The Labute approximate surface area is 147 Å². The van der Waals surface area contributed by atoms with Gasteiger partial charge in [-0.3, -0.25) is 14.4 Å². The van der Waals surface area contributed by atoms with Crippen LogP contribution >= 0.6 is 0 Å². The molecule has 25 heavy (non-hydrogen) atoms.